The Morgan fingerprint density at radius 1 is 1.13 bits per heavy atom. The topological polar surface area (TPSA) is 18.5 Å². The molecule has 2 nitrogen and oxygen atoms in total. The van der Waals surface area contributed by atoms with Gasteiger partial charge in [-0.2, -0.15) is 0 Å². The maximum Gasteiger partial charge on any atom is 0.345 e. The van der Waals surface area contributed by atoms with E-state index < -0.39 is 8.56 Å². The summed E-state index contributed by atoms with van der Waals surface area (Å²) < 4.78 is 11.5. The van der Waals surface area contributed by atoms with Gasteiger partial charge in [-0.15, -0.1) is 0 Å². The van der Waals surface area contributed by atoms with E-state index in [-0.39, 0.29) is 0 Å². The molecule has 0 saturated carbocycles. The van der Waals surface area contributed by atoms with Crippen LogP contribution in [0.1, 0.15) is 23.9 Å². The van der Waals surface area contributed by atoms with Crippen LogP contribution in [0.3, 0.4) is 0 Å². The third-order valence-electron chi connectivity index (χ3n) is 3.44. The fraction of sp³-hybridized carbons (Fsp3) is 0.500. The van der Waals surface area contributed by atoms with E-state index in [2.05, 4.69) is 30.3 Å². The van der Waals surface area contributed by atoms with Crippen molar-refractivity contribution in [1.29, 1.82) is 0 Å². The van der Waals surface area contributed by atoms with Gasteiger partial charge in [0.15, 0.2) is 0 Å². The molecule has 0 radical (unpaired) electrons. The standard InChI is InChI=1S/C12H18O2Si/c1-13-15(14-2)10-6-9-12(15)11-7-4-3-5-8-11/h3-5,7-8,12H,6,9-10H2,1-2H3. The van der Waals surface area contributed by atoms with Crippen molar-refractivity contribution >= 4 is 8.56 Å². The van der Waals surface area contributed by atoms with E-state index in [4.69, 9.17) is 8.85 Å². The van der Waals surface area contributed by atoms with Crippen molar-refractivity contribution in [1.82, 2.24) is 0 Å². The summed E-state index contributed by atoms with van der Waals surface area (Å²) in [5.74, 6) is 0. The first-order chi connectivity index (χ1) is 7.32. The minimum absolute atomic E-state index is 0.508. The zero-order valence-corrected chi connectivity index (χ0v) is 10.4. The van der Waals surface area contributed by atoms with E-state index >= 15 is 0 Å². The van der Waals surface area contributed by atoms with Gasteiger partial charge in [0.05, 0.1) is 0 Å². The molecule has 1 aromatic rings. The van der Waals surface area contributed by atoms with Gasteiger partial charge in [-0.1, -0.05) is 36.8 Å². The summed E-state index contributed by atoms with van der Waals surface area (Å²) in [4.78, 5) is 0. The lowest BCUT2D eigenvalue weighted by Crippen LogP contribution is -2.42. The Hall–Kier alpha value is -0.643. The van der Waals surface area contributed by atoms with Gasteiger partial charge in [0.1, 0.15) is 0 Å². The summed E-state index contributed by atoms with van der Waals surface area (Å²) in [6.07, 6.45) is 2.44. The van der Waals surface area contributed by atoms with Crippen LogP contribution in [0.5, 0.6) is 0 Å². The van der Waals surface area contributed by atoms with Crippen molar-refractivity contribution in [2.24, 2.45) is 0 Å². The minimum Gasteiger partial charge on any atom is -0.397 e. The lowest BCUT2D eigenvalue weighted by Gasteiger charge is -2.29. The second-order valence-electron chi connectivity index (χ2n) is 4.08. The predicted molar refractivity (Wildman–Crippen MR) is 63.0 cm³/mol. The van der Waals surface area contributed by atoms with E-state index in [1.807, 2.05) is 0 Å². The SMILES string of the molecule is CO[Si]1(OC)CCCC1c1ccccc1. The molecule has 1 atom stereocenters. The molecule has 1 unspecified atom stereocenters. The maximum atomic E-state index is 5.73. The Morgan fingerprint density at radius 2 is 1.80 bits per heavy atom. The second kappa shape index (κ2) is 4.47. The molecule has 1 saturated heterocycles. The molecule has 15 heavy (non-hydrogen) atoms. The van der Waals surface area contributed by atoms with Crippen LogP contribution in [0.4, 0.5) is 0 Å². The van der Waals surface area contributed by atoms with Crippen LogP contribution in [-0.4, -0.2) is 22.8 Å². The van der Waals surface area contributed by atoms with Crippen molar-refractivity contribution in [3.63, 3.8) is 0 Å². The number of rotatable bonds is 3. The Balaban J connectivity index is 2.29. The summed E-state index contributed by atoms with van der Waals surface area (Å²) in [6, 6.07) is 11.8. The highest BCUT2D eigenvalue weighted by Gasteiger charge is 2.48. The highest BCUT2D eigenvalue weighted by atomic mass is 28.4. The minimum atomic E-state index is -1.95. The van der Waals surface area contributed by atoms with Crippen LogP contribution < -0.4 is 0 Å². The van der Waals surface area contributed by atoms with Gasteiger partial charge in [-0.25, -0.2) is 0 Å². The first-order valence-corrected chi connectivity index (χ1v) is 7.58. The van der Waals surface area contributed by atoms with E-state index in [1.54, 1.807) is 14.2 Å². The molecule has 0 aromatic heterocycles. The van der Waals surface area contributed by atoms with E-state index in [9.17, 15) is 0 Å². The molecule has 1 aliphatic rings. The van der Waals surface area contributed by atoms with Gasteiger partial charge in [0.25, 0.3) is 0 Å². The van der Waals surface area contributed by atoms with Crippen molar-refractivity contribution < 1.29 is 8.85 Å². The average Bonchev–Trinajstić information content (AvgIpc) is 2.74. The van der Waals surface area contributed by atoms with Gasteiger partial charge in [-0.3, -0.25) is 0 Å². The molecule has 82 valence electrons. The average molecular weight is 222 g/mol. The summed E-state index contributed by atoms with van der Waals surface area (Å²) in [5.41, 5.74) is 1.89. The largest absolute Gasteiger partial charge is 0.397 e. The molecule has 1 aromatic carbocycles. The Kier molecular flexibility index (Phi) is 3.24. The van der Waals surface area contributed by atoms with Gasteiger partial charge >= 0.3 is 8.56 Å². The highest BCUT2D eigenvalue weighted by Crippen LogP contribution is 2.42. The van der Waals surface area contributed by atoms with Crippen LogP contribution in [0, 0.1) is 0 Å². The molecule has 2 rings (SSSR count). The third-order valence-corrected chi connectivity index (χ3v) is 7.56. The highest BCUT2D eigenvalue weighted by molar-refractivity contribution is 6.69. The van der Waals surface area contributed by atoms with Crippen molar-refractivity contribution in [3.05, 3.63) is 35.9 Å². The Morgan fingerprint density at radius 3 is 2.40 bits per heavy atom. The lowest BCUT2D eigenvalue weighted by atomic mass is 10.1. The van der Waals surface area contributed by atoms with Crippen LogP contribution in [0.15, 0.2) is 30.3 Å². The summed E-state index contributed by atoms with van der Waals surface area (Å²) in [6.45, 7) is 0. The number of hydrogen-bond acceptors (Lipinski definition) is 2. The molecule has 3 heteroatoms. The first kappa shape index (κ1) is 10.9. The van der Waals surface area contributed by atoms with Gasteiger partial charge in [0, 0.05) is 19.8 Å². The van der Waals surface area contributed by atoms with Crippen LogP contribution in [-0.2, 0) is 8.85 Å². The first-order valence-electron chi connectivity index (χ1n) is 5.47. The lowest BCUT2D eigenvalue weighted by molar-refractivity contribution is 0.239. The Bertz CT molecular complexity index is 309. The summed E-state index contributed by atoms with van der Waals surface area (Å²) in [7, 11) is 1.65. The summed E-state index contributed by atoms with van der Waals surface area (Å²) >= 11 is 0. The predicted octanol–water partition coefficient (Wildman–Crippen LogP) is 2.84. The van der Waals surface area contributed by atoms with Crippen molar-refractivity contribution in [3.8, 4) is 0 Å². The van der Waals surface area contributed by atoms with Gasteiger partial charge < -0.3 is 8.85 Å². The monoisotopic (exact) mass is 222 g/mol. The van der Waals surface area contributed by atoms with Crippen LogP contribution in [0.2, 0.25) is 6.04 Å². The summed E-state index contributed by atoms with van der Waals surface area (Å²) in [5, 5.41) is 0. The van der Waals surface area contributed by atoms with Crippen molar-refractivity contribution in [2.45, 2.75) is 24.4 Å². The zero-order valence-electron chi connectivity index (χ0n) is 9.40. The molecule has 0 amide bonds. The van der Waals surface area contributed by atoms with Crippen molar-refractivity contribution in [2.75, 3.05) is 14.2 Å². The number of hydrogen-bond donors (Lipinski definition) is 0. The van der Waals surface area contributed by atoms with E-state index in [1.165, 1.54) is 18.4 Å². The Labute approximate surface area is 92.5 Å². The fourth-order valence-electron chi connectivity index (χ4n) is 2.62. The smallest absolute Gasteiger partial charge is 0.345 e. The normalized spacial score (nSPS) is 24.3. The molecule has 1 aliphatic heterocycles. The van der Waals surface area contributed by atoms with Crippen LogP contribution >= 0.6 is 0 Å². The van der Waals surface area contributed by atoms with E-state index in [0.29, 0.717) is 5.54 Å². The van der Waals surface area contributed by atoms with Gasteiger partial charge in [0.2, 0.25) is 0 Å². The fourth-order valence-corrected chi connectivity index (χ4v) is 6.16. The van der Waals surface area contributed by atoms with Gasteiger partial charge in [-0.05, 0) is 18.0 Å². The molecular formula is C12H18O2Si. The van der Waals surface area contributed by atoms with E-state index in [0.717, 1.165) is 6.04 Å². The molecule has 0 spiro atoms. The molecule has 1 fully saturated rings. The molecule has 0 aliphatic carbocycles. The number of benzene rings is 1. The molecular weight excluding hydrogens is 204 g/mol. The molecule has 0 N–H and O–H groups in total. The maximum absolute atomic E-state index is 5.73. The molecule has 0 bridgehead atoms. The molecule has 1 heterocycles. The van der Waals surface area contributed by atoms with Crippen LogP contribution in [0.25, 0.3) is 0 Å². The third kappa shape index (κ3) is 1.87. The quantitative estimate of drug-likeness (QED) is 0.732. The zero-order chi connectivity index (χ0) is 10.7. The second-order valence-corrected chi connectivity index (χ2v) is 7.71.